The normalized spacial score (nSPS) is 21.3. The molecule has 19 heavy (non-hydrogen) atoms. The lowest BCUT2D eigenvalue weighted by Gasteiger charge is -2.30. The number of nitrogens with zero attached hydrogens (tertiary/aromatic N) is 3. The Balaban J connectivity index is 2.13. The SMILES string of the molecule is CC(C)(C)C1CCCN(c2ncnc(N)c2Cl)CC1. The second-order valence-electron chi connectivity index (χ2n) is 6.38. The summed E-state index contributed by atoms with van der Waals surface area (Å²) in [5.41, 5.74) is 6.12. The van der Waals surface area contributed by atoms with E-state index in [-0.39, 0.29) is 0 Å². The summed E-state index contributed by atoms with van der Waals surface area (Å²) in [6, 6.07) is 0. The van der Waals surface area contributed by atoms with Crippen molar-refractivity contribution >= 4 is 23.2 Å². The maximum absolute atomic E-state index is 6.21. The van der Waals surface area contributed by atoms with Crippen LogP contribution in [-0.2, 0) is 0 Å². The van der Waals surface area contributed by atoms with Crippen molar-refractivity contribution in [3.8, 4) is 0 Å². The molecule has 0 saturated carbocycles. The molecule has 1 saturated heterocycles. The van der Waals surface area contributed by atoms with E-state index >= 15 is 0 Å². The summed E-state index contributed by atoms with van der Waals surface area (Å²) < 4.78 is 0. The van der Waals surface area contributed by atoms with E-state index in [1.165, 1.54) is 25.6 Å². The van der Waals surface area contributed by atoms with Gasteiger partial charge in [-0.15, -0.1) is 0 Å². The quantitative estimate of drug-likeness (QED) is 0.858. The Hall–Kier alpha value is -1.03. The van der Waals surface area contributed by atoms with Crippen molar-refractivity contribution in [2.45, 2.75) is 40.0 Å². The second kappa shape index (κ2) is 5.53. The van der Waals surface area contributed by atoms with Gasteiger partial charge in [0.2, 0.25) is 0 Å². The summed E-state index contributed by atoms with van der Waals surface area (Å²) in [5.74, 6) is 1.89. The fourth-order valence-corrected chi connectivity index (χ4v) is 2.99. The van der Waals surface area contributed by atoms with Crippen LogP contribution in [0.4, 0.5) is 11.6 Å². The molecular weight excluding hydrogens is 260 g/mol. The first kappa shape index (κ1) is 14.4. The van der Waals surface area contributed by atoms with Crippen molar-refractivity contribution in [3.05, 3.63) is 11.3 Å². The van der Waals surface area contributed by atoms with Gasteiger partial charge >= 0.3 is 0 Å². The molecule has 106 valence electrons. The van der Waals surface area contributed by atoms with Gasteiger partial charge in [-0.3, -0.25) is 0 Å². The highest BCUT2D eigenvalue weighted by molar-refractivity contribution is 6.35. The monoisotopic (exact) mass is 282 g/mol. The Bertz CT molecular complexity index is 442. The fraction of sp³-hybridized carbons (Fsp3) is 0.714. The van der Waals surface area contributed by atoms with E-state index in [1.54, 1.807) is 0 Å². The van der Waals surface area contributed by atoms with E-state index in [2.05, 4.69) is 35.6 Å². The van der Waals surface area contributed by atoms with Gasteiger partial charge in [0, 0.05) is 13.1 Å². The van der Waals surface area contributed by atoms with Crippen LogP contribution in [-0.4, -0.2) is 23.1 Å². The van der Waals surface area contributed by atoms with Crippen LogP contribution in [0.25, 0.3) is 0 Å². The zero-order chi connectivity index (χ0) is 14.0. The van der Waals surface area contributed by atoms with Crippen molar-refractivity contribution in [2.75, 3.05) is 23.7 Å². The van der Waals surface area contributed by atoms with E-state index in [4.69, 9.17) is 17.3 Å². The topological polar surface area (TPSA) is 55.0 Å². The number of halogens is 1. The lowest BCUT2D eigenvalue weighted by atomic mass is 9.77. The Morgan fingerprint density at radius 3 is 2.68 bits per heavy atom. The highest BCUT2D eigenvalue weighted by atomic mass is 35.5. The highest BCUT2D eigenvalue weighted by Crippen LogP contribution is 2.36. The molecule has 1 unspecified atom stereocenters. The largest absolute Gasteiger partial charge is 0.382 e. The van der Waals surface area contributed by atoms with Gasteiger partial charge in [0.1, 0.15) is 17.2 Å². The minimum Gasteiger partial charge on any atom is -0.382 e. The zero-order valence-electron chi connectivity index (χ0n) is 12.0. The molecule has 0 spiro atoms. The van der Waals surface area contributed by atoms with Gasteiger partial charge in [0.05, 0.1) is 0 Å². The molecule has 4 nitrogen and oxygen atoms in total. The number of anilines is 2. The third-order valence-corrected chi connectivity index (χ3v) is 4.41. The summed E-state index contributed by atoms with van der Waals surface area (Å²) in [6.45, 7) is 8.94. The first-order valence-corrected chi connectivity index (χ1v) is 7.28. The average Bonchev–Trinajstić information content (AvgIpc) is 2.57. The Labute approximate surface area is 120 Å². The van der Waals surface area contributed by atoms with Gasteiger partial charge in [-0.2, -0.15) is 0 Å². The first-order chi connectivity index (χ1) is 8.89. The number of nitrogens with two attached hydrogens (primary N) is 1. The predicted octanol–water partition coefficient (Wildman–Crippen LogP) is 3.36. The second-order valence-corrected chi connectivity index (χ2v) is 6.76. The average molecular weight is 283 g/mol. The van der Waals surface area contributed by atoms with Gasteiger partial charge in [-0.25, -0.2) is 9.97 Å². The molecule has 0 amide bonds. The highest BCUT2D eigenvalue weighted by Gasteiger charge is 2.28. The summed E-state index contributed by atoms with van der Waals surface area (Å²) in [6.07, 6.45) is 5.09. The van der Waals surface area contributed by atoms with Crippen molar-refractivity contribution in [1.29, 1.82) is 0 Å². The van der Waals surface area contributed by atoms with Gasteiger partial charge in [-0.1, -0.05) is 32.4 Å². The summed E-state index contributed by atoms with van der Waals surface area (Å²) >= 11 is 6.21. The van der Waals surface area contributed by atoms with Crippen molar-refractivity contribution < 1.29 is 0 Å². The van der Waals surface area contributed by atoms with Crippen LogP contribution in [0.15, 0.2) is 6.33 Å². The minimum atomic E-state index is 0.364. The number of aromatic nitrogens is 2. The molecule has 0 aromatic carbocycles. The lowest BCUT2D eigenvalue weighted by molar-refractivity contribution is 0.220. The Morgan fingerprint density at radius 2 is 2.00 bits per heavy atom. The Morgan fingerprint density at radius 1 is 1.26 bits per heavy atom. The number of nitrogen functional groups attached to an aromatic ring is 1. The van der Waals surface area contributed by atoms with Crippen LogP contribution in [0.2, 0.25) is 5.02 Å². The maximum atomic E-state index is 6.21. The number of hydrogen-bond acceptors (Lipinski definition) is 4. The number of hydrogen-bond donors (Lipinski definition) is 1. The van der Waals surface area contributed by atoms with Crippen LogP contribution in [0.3, 0.4) is 0 Å². The van der Waals surface area contributed by atoms with E-state index in [9.17, 15) is 0 Å². The smallest absolute Gasteiger partial charge is 0.153 e. The molecule has 2 N–H and O–H groups in total. The van der Waals surface area contributed by atoms with Gasteiger partial charge in [-0.05, 0) is 30.6 Å². The van der Waals surface area contributed by atoms with Gasteiger partial charge in [0.25, 0.3) is 0 Å². The molecule has 1 aliphatic heterocycles. The van der Waals surface area contributed by atoms with Crippen molar-refractivity contribution in [3.63, 3.8) is 0 Å². The molecule has 0 aliphatic carbocycles. The molecular formula is C14H23ClN4. The molecule has 2 heterocycles. The third kappa shape index (κ3) is 3.30. The first-order valence-electron chi connectivity index (χ1n) is 6.90. The van der Waals surface area contributed by atoms with Crippen molar-refractivity contribution in [1.82, 2.24) is 9.97 Å². The minimum absolute atomic E-state index is 0.364. The molecule has 1 atom stereocenters. The molecule has 2 rings (SSSR count). The summed E-state index contributed by atoms with van der Waals surface area (Å²) in [7, 11) is 0. The standard InChI is InChI=1S/C14H23ClN4/c1-14(2,3)10-5-4-7-19(8-6-10)13-11(15)12(16)17-9-18-13/h9-10H,4-8H2,1-3H3,(H2,16,17,18). The van der Waals surface area contributed by atoms with Gasteiger partial charge in [0.15, 0.2) is 5.82 Å². The molecule has 1 fully saturated rings. The van der Waals surface area contributed by atoms with Crippen molar-refractivity contribution in [2.24, 2.45) is 11.3 Å². The molecule has 0 bridgehead atoms. The molecule has 0 radical (unpaired) electrons. The summed E-state index contributed by atoms with van der Waals surface area (Å²) in [5, 5.41) is 0.483. The maximum Gasteiger partial charge on any atom is 0.153 e. The lowest BCUT2D eigenvalue weighted by Crippen LogP contribution is -2.27. The predicted molar refractivity (Wildman–Crippen MR) is 80.5 cm³/mol. The van der Waals surface area contributed by atoms with Crippen LogP contribution in [0, 0.1) is 11.3 Å². The van der Waals surface area contributed by atoms with Crippen LogP contribution in [0.1, 0.15) is 40.0 Å². The molecule has 1 aromatic rings. The van der Waals surface area contributed by atoms with E-state index in [1.807, 2.05) is 0 Å². The summed E-state index contributed by atoms with van der Waals surface area (Å²) in [4.78, 5) is 10.5. The Kier molecular flexibility index (Phi) is 4.19. The molecule has 1 aliphatic rings. The zero-order valence-corrected chi connectivity index (χ0v) is 12.7. The van der Waals surface area contributed by atoms with Crippen LogP contribution in [0.5, 0.6) is 0 Å². The molecule has 5 heteroatoms. The van der Waals surface area contributed by atoms with E-state index in [0.717, 1.165) is 24.8 Å². The third-order valence-electron chi connectivity index (χ3n) is 4.05. The van der Waals surface area contributed by atoms with Gasteiger partial charge < -0.3 is 10.6 Å². The van der Waals surface area contributed by atoms with Crippen LogP contribution < -0.4 is 10.6 Å². The van der Waals surface area contributed by atoms with E-state index < -0.39 is 0 Å². The number of rotatable bonds is 1. The molecule has 1 aromatic heterocycles. The van der Waals surface area contributed by atoms with E-state index in [0.29, 0.717) is 16.3 Å². The van der Waals surface area contributed by atoms with Crippen LogP contribution >= 0.6 is 11.6 Å². The fourth-order valence-electron chi connectivity index (χ4n) is 2.77.